The molecule has 7 heteroatoms. The Hall–Kier alpha value is 0.650. The van der Waals surface area contributed by atoms with Gasteiger partial charge in [0, 0.05) is 26.2 Å². The SMILES string of the molecule is Cl.OC[C@@H](c1cc(I)c(O)c(I)c1)N1CCNCC1. The molecular weight excluding hydrogens is 493 g/mol. The standard InChI is InChI=1S/C12H16I2N2O2.ClH/c13-9-5-8(6-10(14)12(9)18)11(7-17)16-3-1-15-2-4-16;/h5-6,11,15,17-18H,1-4,7H2;1H/t11-;/m0./s1. The van der Waals surface area contributed by atoms with Crippen molar-refractivity contribution >= 4 is 57.6 Å². The predicted molar refractivity (Wildman–Crippen MR) is 95.1 cm³/mol. The smallest absolute Gasteiger partial charge is 0.142 e. The van der Waals surface area contributed by atoms with Crippen LogP contribution >= 0.6 is 57.6 Å². The summed E-state index contributed by atoms with van der Waals surface area (Å²) in [6.07, 6.45) is 0. The van der Waals surface area contributed by atoms with Crippen molar-refractivity contribution in [3.05, 3.63) is 24.8 Å². The first-order valence-corrected chi connectivity index (χ1v) is 8.02. The second-order valence-corrected chi connectivity index (χ2v) is 6.64. The van der Waals surface area contributed by atoms with E-state index in [0.717, 1.165) is 38.9 Å². The molecule has 1 atom stereocenters. The molecule has 0 aromatic heterocycles. The van der Waals surface area contributed by atoms with Crippen LogP contribution in [0, 0.1) is 7.14 Å². The fraction of sp³-hybridized carbons (Fsp3) is 0.500. The maximum Gasteiger partial charge on any atom is 0.142 e. The molecule has 1 heterocycles. The minimum absolute atomic E-state index is 0. The number of phenolic OH excluding ortho intramolecular Hbond substituents is 1. The Morgan fingerprint density at radius 2 is 1.74 bits per heavy atom. The lowest BCUT2D eigenvalue weighted by Gasteiger charge is -2.34. The summed E-state index contributed by atoms with van der Waals surface area (Å²) in [5, 5.41) is 22.8. The van der Waals surface area contributed by atoms with E-state index in [9.17, 15) is 10.2 Å². The summed E-state index contributed by atoms with van der Waals surface area (Å²) in [4.78, 5) is 2.29. The van der Waals surface area contributed by atoms with Gasteiger partial charge in [-0.1, -0.05) is 0 Å². The molecule has 1 fully saturated rings. The zero-order valence-electron chi connectivity index (χ0n) is 10.3. The Bertz CT molecular complexity index is 405. The lowest BCUT2D eigenvalue weighted by molar-refractivity contribution is 0.110. The number of halogens is 3. The monoisotopic (exact) mass is 510 g/mol. The van der Waals surface area contributed by atoms with Crippen LogP contribution in [-0.4, -0.2) is 47.9 Å². The average Bonchev–Trinajstić information content (AvgIpc) is 2.38. The maximum atomic E-state index is 9.79. The van der Waals surface area contributed by atoms with Crippen molar-refractivity contribution in [3.63, 3.8) is 0 Å². The number of piperazine rings is 1. The molecule has 1 aliphatic rings. The van der Waals surface area contributed by atoms with Crippen LogP contribution in [0.1, 0.15) is 11.6 Å². The van der Waals surface area contributed by atoms with Gasteiger partial charge in [-0.3, -0.25) is 4.90 Å². The Kier molecular flexibility index (Phi) is 7.62. The van der Waals surface area contributed by atoms with Crippen LogP contribution in [0.2, 0.25) is 0 Å². The van der Waals surface area contributed by atoms with Gasteiger partial charge in [-0.05, 0) is 62.9 Å². The number of aliphatic hydroxyl groups is 1. The number of aromatic hydroxyl groups is 1. The molecule has 19 heavy (non-hydrogen) atoms. The van der Waals surface area contributed by atoms with E-state index in [1.165, 1.54) is 0 Å². The van der Waals surface area contributed by atoms with Crippen LogP contribution in [0.5, 0.6) is 5.75 Å². The highest BCUT2D eigenvalue weighted by atomic mass is 127. The van der Waals surface area contributed by atoms with Gasteiger partial charge in [0.15, 0.2) is 0 Å². The lowest BCUT2D eigenvalue weighted by atomic mass is 10.1. The molecule has 1 aromatic carbocycles. The van der Waals surface area contributed by atoms with E-state index in [0.29, 0.717) is 5.75 Å². The van der Waals surface area contributed by atoms with Gasteiger partial charge >= 0.3 is 0 Å². The highest BCUT2D eigenvalue weighted by Gasteiger charge is 2.22. The fourth-order valence-electron chi connectivity index (χ4n) is 2.20. The second kappa shape index (κ2) is 8.18. The van der Waals surface area contributed by atoms with Crippen LogP contribution in [0.15, 0.2) is 12.1 Å². The number of aliphatic hydroxyl groups excluding tert-OH is 1. The van der Waals surface area contributed by atoms with Gasteiger partial charge in [0.1, 0.15) is 5.75 Å². The van der Waals surface area contributed by atoms with Gasteiger partial charge in [-0.25, -0.2) is 0 Å². The zero-order chi connectivity index (χ0) is 13.1. The average molecular weight is 511 g/mol. The molecule has 0 unspecified atom stereocenters. The van der Waals surface area contributed by atoms with Crippen molar-refractivity contribution in [1.82, 2.24) is 10.2 Å². The van der Waals surface area contributed by atoms with Gasteiger partial charge < -0.3 is 15.5 Å². The minimum Gasteiger partial charge on any atom is -0.506 e. The van der Waals surface area contributed by atoms with E-state index in [1.54, 1.807) is 0 Å². The van der Waals surface area contributed by atoms with E-state index in [2.05, 4.69) is 55.4 Å². The first kappa shape index (κ1) is 17.7. The summed E-state index contributed by atoms with van der Waals surface area (Å²) in [5.41, 5.74) is 1.08. The Morgan fingerprint density at radius 3 is 2.21 bits per heavy atom. The summed E-state index contributed by atoms with van der Waals surface area (Å²) in [7, 11) is 0. The number of nitrogens with zero attached hydrogens (tertiary/aromatic N) is 1. The number of benzene rings is 1. The normalized spacial score (nSPS) is 17.8. The molecule has 2 rings (SSSR count). The highest BCUT2D eigenvalue weighted by molar-refractivity contribution is 14.1. The van der Waals surface area contributed by atoms with Crippen molar-refractivity contribution in [2.24, 2.45) is 0 Å². The fourth-order valence-corrected chi connectivity index (χ4v) is 4.02. The van der Waals surface area contributed by atoms with Crippen molar-refractivity contribution < 1.29 is 10.2 Å². The Labute approximate surface area is 146 Å². The lowest BCUT2D eigenvalue weighted by Crippen LogP contribution is -2.46. The zero-order valence-corrected chi connectivity index (χ0v) is 15.4. The molecule has 1 aromatic rings. The number of rotatable bonds is 3. The van der Waals surface area contributed by atoms with E-state index in [-0.39, 0.29) is 25.1 Å². The van der Waals surface area contributed by atoms with E-state index in [4.69, 9.17) is 0 Å². The molecule has 1 saturated heterocycles. The molecule has 0 aliphatic carbocycles. The molecule has 0 amide bonds. The molecule has 1 aliphatic heterocycles. The number of hydrogen-bond donors (Lipinski definition) is 3. The predicted octanol–water partition coefficient (Wildman–Crippen LogP) is 1.96. The Morgan fingerprint density at radius 1 is 1.21 bits per heavy atom. The van der Waals surface area contributed by atoms with Gasteiger partial charge in [0.05, 0.1) is 19.8 Å². The topological polar surface area (TPSA) is 55.7 Å². The van der Waals surface area contributed by atoms with E-state index in [1.807, 2.05) is 12.1 Å². The second-order valence-electron chi connectivity index (χ2n) is 4.32. The highest BCUT2D eigenvalue weighted by Crippen LogP contribution is 2.31. The van der Waals surface area contributed by atoms with Crippen LogP contribution in [0.25, 0.3) is 0 Å². The molecule has 0 spiro atoms. The maximum absolute atomic E-state index is 9.79. The number of nitrogens with one attached hydrogen (secondary N) is 1. The Balaban J connectivity index is 0.00000180. The molecular formula is C12H17ClI2N2O2. The van der Waals surface area contributed by atoms with Gasteiger partial charge in [-0.15, -0.1) is 12.4 Å². The minimum atomic E-state index is 0. The van der Waals surface area contributed by atoms with Crippen LogP contribution in [0.4, 0.5) is 0 Å². The van der Waals surface area contributed by atoms with E-state index < -0.39 is 0 Å². The third kappa shape index (κ3) is 4.31. The van der Waals surface area contributed by atoms with Crippen molar-refractivity contribution in [1.29, 1.82) is 0 Å². The van der Waals surface area contributed by atoms with Crippen LogP contribution < -0.4 is 5.32 Å². The molecule has 3 N–H and O–H groups in total. The molecule has 0 radical (unpaired) electrons. The molecule has 0 saturated carbocycles. The van der Waals surface area contributed by atoms with Crippen molar-refractivity contribution in [3.8, 4) is 5.75 Å². The van der Waals surface area contributed by atoms with Gasteiger partial charge in [0.2, 0.25) is 0 Å². The quantitative estimate of drug-likeness (QED) is 0.545. The summed E-state index contributed by atoms with van der Waals surface area (Å²) >= 11 is 4.26. The summed E-state index contributed by atoms with van der Waals surface area (Å²) < 4.78 is 1.67. The molecule has 108 valence electrons. The van der Waals surface area contributed by atoms with E-state index >= 15 is 0 Å². The number of hydrogen-bond acceptors (Lipinski definition) is 4. The van der Waals surface area contributed by atoms with Crippen molar-refractivity contribution in [2.45, 2.75) is 6.04 Å². The third-order valence-corrected chi connectivity index (χ3v) is 4.83. The summed E-state index contributed by atoms with van der Waals surface area (Å²) in [5.74, 6) is 0.331. The first-order valence-electron chi connectivity index (χ1n) is 5.87. The van der Waals surface area contributed by atoms with Gasteiger partial charge in [0.25, 0.3) is 0 Å². The van der Waals surface area contributed by atoms with Crippen LogP contribution in [-0.2, 0) is 0 Å². The van der Waals surface area contributed by atoms with Gasteiger partial charge in [-0.2, -0.15) is 0 Å². The summed E-state index contributed by atoms with van der Waals surface area (Å²) in [6.45, 7) is 3.92. The molecule has 4 nitrogen and oxygen atoms in total. The van der Waals surface area contributed by atoms with Crippen LogP contribution in [0.3, 0.4) is 0 Å². The summed E-state index contributed by atoms with van der Waals surface area (Å²) in [6, 6.07) is 3.94. The molecule has 0 bridgehead atoms. The third-order valence-electron chi connectivity index (χ3n) is 3.19. The first-order chi connectivity index (χ1) is 8.63. The van der Waals surface area contributed by atoms with Crippen molar-refractivity contribution in [2.75, 3.05) is 32.8 Å². The number of phenols is 1. The largest absolute Gasteiger partial charge is 0.506 e.